The number of aromatic nitrogens is 2. The van der Waals surface area contributed by atoms with Crippen molar-refractivity contribution in [1.82, 2.24) is 15.3 Å². The van der Waals surface area contributed by atoms with Gasteiger partial charge in [0, 0.05) is 37.4 Å². The maximum atomic E-state index is 13.6. The smallest absolute Gasteiger partial charge is 0.413 e. The van der Waals surface area contributed by atoms with Crippen molar-refractivity contribution in [2.24, 2.45) is 0 Å². The molecular weight excluding hydrogens is 387 g/mol. The molecule has 4 heterocycles. The van der Waals surface area contributed by atoms with Gasteiger partial charge in [0.1, 0.15) is 18.3 Å². The van der Waals surface area contributed by atoms with Crippen molar-refractivity contribution < 1.29 is 22.7 Å². The van der Waals surface area contributed by atoms with E-state index >= 15 is 0 Å². The number of nitrogens with one attached hydrogen (secondary N) is 2. The summed E-state index contributed by atoms with van der Waals surface area (Å²) in [5, 5.41) is 5.67. The third-order valence-corrected chi connectivity index (χ3v) is 4.95. The van der Waals surface area contributed by atoms with Crippen LogP contribution < -0.4 is 15.5 Å². The Morgan fingerprint density at radius 1 is 1.38 bits per heavy atom. The van der Waals surface area contributed by atoms with Gasteiger partial charge in [0.25, 0.3) is 6.43 Å². The van der Waals surface area contributed by atoms with Crippen molar-refractivity contribution in [3.05, 3.63) is 35.5 Å². The van der Waals surface area contributed by atoms with E-state index in [0.717, 1.165) is 6.54 Å². The molecule has 0 spiro atoms. The second-order valence-corrected chi connectivity index (χ2v) is 7.06. The standard InChI is InChI=1S/C19H20F3N5O2/c1-10-9-27(5-4-23-10)14-7-11(8-20)6-13(25-14)12-2-3-24-18-15(12)16(17(21)22)29-19(28)26-18/h2-3,6-7,10,16-17,23H,4-5,8-9H2,1H3,(H,24,26,28)/t10-,16+/m0/s1. The fraction of sp³-hybridized carbons (Fsp3) is 0.421. The van der Waals surface area contributed by atoms with Gasteiger partial charge in [-0.2, -0.15) is 0 Å². The van der Waals surface area contributed by atoms with Crippen LogP contribution in [0.15, 0.2) is 24.4 Å². The third-order valence-electron chi connectivity index (χ3n) is 4.95. The van der Waals surface area contributed by atoms with Crippen molar-refractivity contribution >= 4 is 17.7 Å². The van der Waals surface area contributed by atoms with Gasteiger partial charge in [-0.05, 0) is 30.7 Å². The van der Waals surface area contributed by atoms with Gasteiger partial charge in [-0.15, -0.1) is 0 Å². The first kappa shape index (κ1) is 19.4. The molecule has 4 rings (SSSR count). The molecule has 7 nitrogen and oxygen atoms in total. The molecule has 2 N–H and O–H groups in total. The lowest BCUT2D eigenvalue weighted by molar-refractivity contribution is -0.0168. The normalized spacial score (nSPS) is 21.6. The summed E-state index contributed by atoms with van der Waals surface area (Å²) in [6.07, 6.45) is -4.33. The van der Waals surface area contributed by atoms with E-state index in [1.54, 1.807) is 6.07 Å². The number of alkyl halides is 3. The number of anilines is 2. The average Bonchev–Trinajstić information content (AvgIpc) is 2.72. The first-order chi connectivity index (χ1) is 14.0. The Kier molecular flexibility index (Phi) is 5.27. The number of fused-ring (bicyclic) bond motifs is 1. The molecule has 2 aromatic heterocycles. The van der Waals surface area contributed by atoms with Gasteiger partial charge >= 0.3 is 6.09 Å². The van der Waals surface area contributed by atoms with Crippen LogP contribution in [0.2, 0.25) is 0 Å². The number of nitrogens with zero attached hydrogens (tertiary/aromatic N) is 3. The van der Waals surface area contributed by atoms with E-state index < -0.39 is 25.3 Å². The minimum absolute atomic E-state index is 0.00570. The van der Waals surface area contributed by atoms with Crippen molar-refractivity contribution in [1.29, 1.82) is 0 Å². The molecule has 1 saturated heterocycles. The molecule has 0 radical (unpaired) electrons. The molecule has 154 valence electrons. The lowest BCUT2D eigenvalue weighted by Crippen LogP contribution is -2.49. The quantitative estimate of drug-likeness (QED) is 0.810. The predicted molar refractivity (Wildman–Crippen MR) is 101 cm³/mol. The molecule has 2 aromatic rings. The van der Waals surface area contributed by atoms with Crippen molar-refractivity contribution in [2.75, 3.05) is 29.9 Å². The van der Waals surface area contributed by atoms with Crippen molar-refractivity contribution in [2.45, 2.75) is 32.2 Å². The molecule has 0 aromatic carbocycles. The third kappa shape index (κ3) is 3.84. The van der Waals surface area contributed by atoms with Gasteiger partial charge in [0.15, 0.2) is 6.10 Å². The van der Waals surface area contributed by atoms with Crippen LogP contribution in [0.5, 0.6) is 0 Å². The summed E-state index contributed by atoms with van der Waals surface area (Å²) in [5.41, 5.74) is 1.06. The SMILES string of the molecule is C[C@H]1CN(c2cc(CF)cc(-c3ccnc4c3[C@H](C(F)F)OC(=O)N4)n2)CCN1. The van der Waals surface area contributed by atoms with E-state index in [9.17, 15) is 18.0 Å². The highest BCUT2D eigenvalue weighted by molar-refractivity contribution is 5.89. The summed E-state index contributed by atoms with van der Waals surface area (Å²) in [6.45, 7) is 3.47. The summed E-state index contributed by atoms with van der Waals surface area (Å²) in [5.74, 6) is 0.567. The number of cyclic esters (lactones) is 1. The molecule has 10 heteroatoms. The molecule has 0 saturated carbocycles. The largest absolute Gasteiger partial charge is 0.435 e. The number of carbonyl (C=O) groups is 1. The average molecular weight is 407 g/mol. The Morgan fingerprint density at radius 3 is 2.93 bits per heavy atom. The molecular formula is C19H20F3N5O2. The van der Waals surface area contributed by atoms with Crippen LogP contribution in [0.3, 0.4) is 0 Å². The van der Waals surface area contributed by atoms with Crippen LogP contribution in [-0.4, -0.2) is 48.2 Å². The Balaban J connectivity index is 1.82. The summed E-state index contributed by atoms with van der Waals surface area (Å²) in [6, 6.07) is 4.94. The van der Waals surface area contributed by atoms with Crippen LogP contribution in [0.1, 0.15) is 24.2 Å². The van der Waals surface area contributed by atoms with E-state index in [4.69, 9.17) is 4.74 Å². The van der Waals surface area contributed by atoms with Gasteiger partial charge in [0.2, 0.25) is 0 Å². The minimum Gasteiger partial charge on any atom is -0.435 e. The first-order valence-electron chi connectivity index (χ1n) is 9.26. The highest BCUT2D eigenvalue weighted by atomic mass is 19.3. The molecule has 1 fully saturated rings. The molecule has 0 bridgehead atoms. The number of piperazine rings is 1. The van der Waals surface area contributed by atoms with Crippen LogP contribution in [0, 0.1) is 0 Å². The lowest BCUT2D eigenvalue weighted by Gasteiger charge is -2.33. The maximum absolute atomic E-state index is 13.6. The fourth-order valence-corrected chi connectivity index (χ4v) is 3.65. The highest BCUT2D eigenvalue weighted by Crippen LogP contribution is 2.40. The monoisotopic (exact) mass is 407 g/mol. The van der Waals surface area contributed by atoms with Crippen LogP contribution in [-0.2, 0) is 11.4 Å². The zero-order valence-electron chi connectivity index (χ0n) is 15.7. The zero-order valence-corrected chi connectivity index (χ0v) is 15.7. The van der Waals surface area contributed by atoms with E-state index in [0.29, 0.717) is 35.7 Å². The lowest BCUT2D eigenvalue weighted by atomic mass is 9.98. The predicted octanol–water partition coefficient (Wildman–Crippen LogP) is 3.28. The zero-order chi connectivity index (χ0) is 20.5. The summed E-state index contributed by atoms with van der Waals surface area (Å²) in [7, 11) is 0. The Labute approximate surface area is 165 Å². The van der Waals surface area contributed by atoms with Gasteiger partial charge in [-0.1, -0.05) is 0 Å². The maximum Gasteiger partial charge on any atom is 0.413 e. The highest BCUT2D eigenvalue weighted by Gasteiger charge is 2.37. The molecule has 0 unspecified atom stereocenters. The second kappa shape index (κ2) is 7.86. The van der Waals surface area contributed by atoms with Gasteiger partial charge in [-0.25, -0.2) is 27.9 Å². The van der Waals surface area contributed by atoms with Gasteiger partial charge < -0.3 is 15.0 Å². The van der Waals surface area contributed by atoms with Gasteiger partial charge in [-0.3, -0.25) is 5.32 Å². The molecule has 1 amide bonds. The summed E-state index contributed by atoms with van der Waals surface area (Å²) >= 11 is 0. The Hall–Kier alpha value is -2.88. The minimum atomic E-state index is -2.94. The number of amides is 1. The molecule has 2 aliphatic rings. The van der Waals surface area contributed by atoms with Crippen LogP contribution in [0.25, 0.3) is 11.3 Å². The van der Waals surface area contributed by atoms with E-state index in [1.165, 1.54) is 18.3 Å². The van der Waals surface area contributed by atoms with Crippen molar-refractivity contribution in [3.8, 4) is 11.3 Å². The number of hydrogen-bond donors (Lipinski definition) is 2. The second-order valence-electron chi connectivity index (χ2n) is 7.06. The van der Waals surface area contributed by atoms with E-state index in [1.807, 2.05) is 11.8 Å². The number of rotatable bonds is 4. The number of halogens is 3. The molecule has 0 aliphatic carbocycles. The number of hydrogen-bond acceptors (Lipinski definition) is 6. The van der Waals surface area contributed by atoms with Crippen molar-refractivity contribution in [3.63, 3.8) is 0 Å². The summed E-state index contributed by atoms with van der Waals surface area (Å²) < 4.78 is 45.6. The summed E-state index contributed by atoms with van der Waals surface area (Å²) in [4.78, 5) is 22.2. The molecule has 2 aliphatic heterocycles. The van der Waals surface area contributed by atoms with E-state index in [-0.39, 0.29) is 17.4 Å². The molecule has 29 heavy (non-hydrogen) atoms. The topological polar surface area (TPSA) is 79.4 Å². The Morgan fingerprint density at radius 2 is 2.21 bits per heavy atom. The number of carbonyl (C=O) groups excluding carboxylic acids is 1. The first-order valence-corrected chi connectivity index (χ1v) is 9.26. The van der Waals surface area contributed by atoms with E-state index in [2.05, 4.69) is 20.6 Å². The van der Waals surface area contributed by atoms with Gasteiger partial charge in [0.05, 0.1) is 11.3 Å². The number of pyridine rings is 2. The van der Waals surface area contributed by atoms with Crippen LogP contribution >= 0.6 is 0 Å². The Bertz CT molecular complexity index is 927. The number of ether oxygens (including phenoxy) is 1. The fourth-order valence-electron chi connectivity index (χ4n) is 3.65. The van der Waals surface area contributed by atoms with Crippen LogP contribution in [0.4, 0.5) is 29.6 Å². The molecule has 2 atom stereocenters.